The molecule has 3 aromatic carbocycles. The molecule has 0 saturated carbocycles. The third-order valence-corrected chi connectivity index (χ3v) is 4.13. The van der Waals surface area contributed by atoms with Crippen molar-refractivity contribution in [3.8, 4) is 0 Å². The van der Waals surface area contributed by atoms with Gasteiger partial charge in [0.05, 0.1) is 5.56 Å². The summed E-state index contributed by atoms with van der Waals surface area (Å²) in [6, 6.07) is 20.3. The fraction of sp³-hybridized carbons (Fsp3) is 0.105. The average Bonchev–Trinajstić information content (AvgIpc) is 2.55. The molecule has 1 atom stereocenters. The lowest BCUT2D eigenvalue weighted by molar-refractivity contribution is 0.0936. The third kappa shape index (κ3) is 2.02. The van der Waals surface area contributed by atoms with E-state index in [0.717, 1.165) is 22.2 Å². The second-order valence-electron chi connectivity index (χ2n) is 5.67. The number of carbonyl (C=O) groups excluding carboxylic acids is 1. The van der Waals surface area contributed by atoms with Crippen LogP contribution in [0, 0.1) is 6.92 Å². The van der Waals surface area contributed by atoms with Crippen LogP contribution < -0.4 is 10.6 Å². The molecule has 0 bridgehead atoms. The molecule has 0 saturated heterocycles. The first-order valence-electron chi connectivity index (χ1n) is 7.38. The van der Waals surface area contributed by atoms with Crippen LogP contribution >= 0.6 is 0 Å². The van der Waals surface area contributed by atoms with E-state index in [1.54, 1.807) is 0 Å². The molecule has 0 spiro atoms. The highest BCUT2D eigenvalue weighted by Crippen LogP contribution is 2.30. The van der Waals surface area contributed by atoms with Crippen LogP contribution in [-0.2, 0) is 0 Å². The zero-order valence-electron chi connectivity index (χ0n) is 12.3. The van der Waals surface area contributed by atoms with Crippen molar-refractivity contribution in [1.82, 2.24) is 5.32 Å². The van der Waals surface area contributed by atoms with Crippen LogP contribution in [0.3, 0.4) is 0 Å². The van der Waals surface area contributed by atoms with E-state index in [4.69, 9.17) is 0 Å². The van der Waals surface area contributed by atoms with Crippen molar-refractivity contribution in [1.29, 1.82) is 0 Å². The molecule has 2 N–H and O–H groups in total. The number of benzene rings is 3. The minimum atomic E-state index is -0.214. The molecular formula is C19H16N2O. The number of hydrogen-bond acceptors (Lipinski definition) is 2. The summed E-state index contributed by atoms with van der Waals surface area (Å²) in [5, 5.41) is 8.81. The maximum Gasteiger partial charge on any atom is 0.255 e. The Balaban J connectivity index is 1.81. The Morgan fingerprint density at radius 3 is 2.64 bits per heavy atom. The molecule has 1 amide bonds. The third-order valence-electron chi connectivity index (χ3n) is 4.13. The van der Waals surface area contributed by atoms with Crippen molar-refractivity contribution >= 4 is 22.4 Å². The van der Waals surface area contributed by atoms with E-state index in [1.807, 2.05) is 43.3 Å². The molecule has 4 rings (SSSR count). The summed E-state index contributed by atoms with van der Waals surface area (Å²) >= 11 is 0. The lowest BCUT2D eigenvalue weighted by Crippen LogP contribution is -2.38. The highest BCUT2D eigenvalue weighted by Gasteiger charge is 2.25. The Labute approximate surface area is 129 Å². The summed E-state index contributed by atoms with van der Waals surface area (Å²) in [5.41, 5.74) is 3.75. The van der Waals surface area contributed by atoms with Gasteiger partial charge < -0.3 is 10.6 Å². The van der Waals surface area contributed by atoms with E-state index in [1.165, 1.54) is 5.39 Å². The number of carbonyl (C=O) groups is 1. The molecule has 0 aliphatic carbocycles. The standard InChI is InChI=1S/C19H16N2O/c1-12-9-10-17-16(11-12)19(22)21-18(20-17)15-8-4-6-13-5-2-3-7-14(13)15/h2-11,18,20H,1H3,(H,21,22)/t18-/m0/s1. The Hall–Kier alpha value is -2.81. The fourth-order valence-electron chi connectivity index (χ4n) is 3.03. The monoisotopic (exact) mass is 288 g/mol. The predicted molar refractivity (Wildman–Crippen MR) is 89.0 cm³/mol. The van der Waals surface area contributed by atoms with Crippen LogP contribution in [0.1, 0.15) is 27.7 Å². The summed E-state index contributed by atoms with van der Waals surface area (Å²) in [4.78, 5) is 12.4. The van der Waals surface area contributed by atoms with Crippen molar-refractivity contribution in [2.24, 2.45) is 0 Å². The minimum Gasteiger partial charge on any atom is -0.361 e. The number of nitrogens with one attached hydrogen (secondary N) is 2. The van der Waals surface area contributed by atoms with Crippen LogP contribution in [-0.4, -0.2) is 5.91 Å². The summed E-state index contributed by atoms with van der Waals surface area (Å²) < 4.78 is 0. The first kappa shape index (κ1) is 12.9. The first-order valence-corrected chi connectivity index (χ1v) is 7.38. The zero-order valence-corrected chi connectivity index (χ0v) is 12.3. The Morgan fingerprint density at radius 2 is 1.73 bits per heavy atom. The normalized spacial score (nSPS) is 16.8. The Kier molecular flexibility index (Phi) is 2.86. The van der Waals surface area contributed by atoms with Gasteiger partial charge in [0.15, 0.2) is 0 Å². The summed E-state index contributed by atoms with van der Waals surface area (Å²) in [5.74, 6) is -0.0321. The van der Waals surface area contributed by atoms with Crippen LogP contribution in [0.25, 0.3) is 10.8 Å². The van der Waals surface area contributed by atoms with Gasteiger partial charge in [0, 0.05) is 11.3 Å². The van der Waals surface area contributed by atoms with Crippen molar-refractivity contribution in [3.63, 3.8) is 0 Å². The number of rotatable bonds is 1. The van der Waals surface area contributed by atoms with E-state index < -0.39 is 0 Å². The SMILES string of the molecule is Cc1ccc2c(c1)C(=O)N[C@@H](c1cccc3ccccc13)N2. The van der Waals surface area contributed by atoms with Crippen molar-refractivity contribution in [3.05, 3.63) is 77.4 Å². The van der Waals surface area contributed by atoms with Gasteiger partial charge in [-0.3, -0.25) is 4.79 Å². The lowest BCUT2D eigenvalue weighted by Gasteiger charge is -2.29. The summed E-state index contributed by atoms with van der Waals surface area (Å²) in [7, 11) is 0. The van der Waals surface area contributed by atoms with Gasteiger partial charge in [0.2, 0.25) is 0 Å². The topological polar surface area (TPSA) is 41.1 Å². The van der Waals surface area contributed by atoms with Crippen LogP contribution in [0.15, 0.2) is 60.7 Å². The summed E-state index contributed by atoms with van der Waals surface area (Å²) in [6.07, 6.45) is -0.214. The number of amides is 1. The highest BCUT2D eigenvalue weighted by atomic mass is 16.2. The molecule has 3 heteroatoms. The van der Waals surface area contributed by atoms with E-state index in [-0.39, 0.29) is 12.1 Å². The molecule has 3 nitrogen and oxygen atoms in total. The van der Waals surface area contributed by atoms with Crippen LogP contribution in [0.4, 0.5) is 5.69 Å². The molecule has 1 aliphatic heterocycles. The average molecular weight is 288 g/mol. The van der Waals surface area contributed by atoms with Crippen molar-refractivity contribution < 1.29 is 4.79 Å². The van der Waals surface area contributed by atoms with E-state index in [0.29, 0.717) is 5.56 Å². The van der Waals surface area contributed by atoms with Gasteiger partial charge in [-0.1, -0.05) is 54.1 Å². The van der Waals surface area contributed by atoms with Crippen LogP contribution in [0.5, 0.6) is 0 Å². The van der Waals surface area contributed by atoms with E-state index in [2.05, 4.69) is 34.9 Å². The van der Waals surface area contributed by atoms with Gasteiger partial charge in [0.1, 0.15) is 6.17 Å². The van der Waals surface area contributed by atoms with Gasteiger partial charge >= 0.3 is 0 Å². The Bertz CT molecular complexity index is 880. The van der Waals surface area contributed by atoms with Gasteiger partial charge in [-0.2, -0.15) is 0 Å². The molecule has 0 aromatic heterocycles. The van der Waals surface area contributed by atoms with Crippen molar-refractivity contribution in [2.45, 2.75) is 13.1 Å². The molecule has 1 aliphatic rings. The Morgan fingerprint density at radius 1 is 0.909 bits per heavy atom. The number of fused-ring (bicyclic) bond motifs is 2. The van der Waals surface area contributed by atoms with Gasteiger partial charge in [-0.15, -0.1) is 0 Å². The maximum absolute atomic E-state index is 12.4. The van der Waals surface area contributed by atoms with E-state index >= 15 is 0 Å². The smallest absolute Gasteiger partial charge is 0.255 e. The van der Waals surface area contributed by atoms with Gasteiger partial charge in [-0.25, -0.2) is 0 Å². The minimum absolute atomic E-state index is 0.0321. The predicted octanol–water partition coefficient (Wildman–Crippen LogP) is 4.00. The zero-order chi connectivity index (χ0) is 15.1. The van der Waals surface area contributed by atoms with Gasteiger partial charge in [-0.05, 0) is 29.8 Å². The number of hydrogen-bond donors (Lipinski definition) is 2. The molecule has 108 valence electrons. The maximum atomic E-state index is 12.4. The number of aryl methyl sites for hydroxylation is 1. The van der Waals surface area contributed by atoms with Crippen LogP contribution in [0.2, 0.25) is 0 Å². The molecule has 0 fully saturated rings. The second-order valence-corrected chi connectivity index (χ2v) is 5.67. The molecule has 3 aromatic rings. The summed E-state index contributed by atoms with van der Waals surface area (Å²) in [6.45, 7) is 1.99. The molecule has 1 heterocycles. The highest BCUT2D eigenvalue weighted by molar-refractivity contribution is 6.02. The van der Waals surface area contributed by atoms with E-state index in [9.17, 15) is 4.79 Å². The molecular weight excluding hydrogens is 272 g/mol. The molecule has 0 unspecified atom stereocenters. The quantitative estimate of drug-likeness (QED) is 0.710. The lowest BCUT2D eigenvalue weighted by atomic mass is 9.99. The molecule has 0 radical (unpaired) electrons. The largest absolute Gasteiger partial charge is 0.361 e. The first-order chi connectivity index (χ1) is 10.7. The fourth-order valence-corrected chi connectivity index (χ4v) is 3.03. The van der Waals surface area contributed by atoms with Crippen molar-refractivity contribution in [2.75, 3.05) is 5.32 Å². The molecule has 22 heavy (non-hydrogen) atoms. The van der Waals surface area contributed by atoms with Gasteiger partial charge in [0.25, 0.3) is 5.91 Å². The number of anilines is 1. The second kappa shape index (κ2) is 4.88.